The summed E-state index contributed by atoms with van der Waals surface area (Å²) in [6, 6.07) is 8.54. The summed E-state index contributed by atoms with van der Waals surface area (Å²) in [5.41, 5.74) is 2.13. The first-order valence-electron chi connectivity index (χ1n) is 8.28. The summed E-state index contributed by atoms with van der Waals surface area (Å²) in [5.74, 6) is -0.407. The maximum atomic E-state index is 12.7. The number of para-hydroxylation sites is 1. The minimum Gasteiger partial charge on any atom is -0.348 e. The monoisotopic (exact) mass is 346 g/mol. The van der Waals surface area contributed by atoms with Crippen molar-refractivity contribution in [2.75, 3.05) is 5.32 Å². The summed E-state index contributed by atoms with van der Waals surface area (Å²) in [6.07, 6.45) is 2.67. The van der Waals surface area contributed by atoms with Gasteiger partial charge in [-0.2, -0.15) is 0 Å². The first-order valence-corrected chi connectivity index (χ1v) is 8.66. The average molecular weight is 347 g/mol. The molecule has 0 radical (unpaired) electrons. The van der Waals surface area contributed by atoms with Crippen molar-refractivity contribution in [3.8, 4) is 0 Å². The maximum absolute atomic E-state index is 12.7. The van der Waals surface area contributed by atoms with Crippen LogP contribution in [0.25, 0.3) is 0 Å². The first-order chi connectivity index (χ1) is 11.5. The second-order valence-electron chi connectivity index (χ2n) is 5.76. The number of carbonyl (C=O) groups is 1. The molecule has 0 saturated carbocycles. The van der Waals surface area contributed by atoms with E-state index in [9.17, 15) is 9.59 Å². The molecule has 0 aliphatic heterocycles. The van der Waals surface area contributed by atoms with Crippen molar-refractivity contribution in [3.63, 3.8) is 0 Å². The van der Waals surface area contributed by atoms with E-state index in [0.717, 1.165) is 30.8 Å². The van der Waals surface area contributed by atoms with E-state index in [4.69, 9.17) is 11.6 Å². The van der Waals surface area contributed by atoms with Crippen molar-refractivity contribution in [3.05, 3.63) is 62.5 Å². The number of hydrogen-bond acceptors (Lipinski definition) is 2. The van der Waals surface area contributed by atoms with Crippen molar-refractivity contribution < 1.29 is 4.79 Å². The van der Waals surface area contributed by atoms with E-state index in [1.807, 2.05) is 13.8 Å². The smallest absolute Gasteiger partial charge is 0.261 e. The summed E-state index contributed by atoms with van der Waals surface area (Å²) >= 11 is 6.10. The molecule has 1 aromatic carbocycles. The van der Waals surface area contributed by atoms with Crippen LogP contribution < -0.4 is 10.7 Å². The fourth-order valence-corrected chi connectivity index (χ4v) is 3.00. The van der Waals surface area contributed by atoms with Crippen LogP contribution in [0.5, 0.6) is 0 Å². The molecule has 0 atom stereocenters. The Kier molecular flexibility index (Phi) is 6.21. The molecular formula is C19H23ClN2O2. The van der Waals surface area contributed by atoms with Crippen LogP contribution in [0.15, 0.2) is 35.1 Å². The van der Waals surface area contributed by atoms with E-state index in [-0.39, 0.29) is 11.0 Å². The molecule has 1 heterocycles. The summed E-state index contributed by atoms with van der Waals surface area (Å²) in [4.78, 5) is 25.2. The van der Waals surface area contributed by atoms with Crippen LogP contribution in [0, 0.1) is 6.92 Å². The molecule has 0 spiro atoms. The summed E-state index contributed by atoms with van der Waals surface area (Å²) in [6.45, 7) is 6.79. The second-order valence-corrected chi connectivity index (χ2v) is 6.17. The number of hydrogen-bond donors (Lipinski definition) is 1. The highest BCUT2D eigenvalue weighted by Gasteiger charge is 2.19. The zero-order chi connectivity index (χ0) is 17.7. The van der Waals surface area contributed by atoms with Gasteiger partial charge >= 0.3 is 0 Å². The lowest BCUT2D eigenvalue weighted by molar-refractivity contribution is 0.102. The Morgan fingerprint density at radius 2 is 1.96 bits per heavy atom. The van der Waals surface area contributed by atoms with Gasteiger partial charge in [-0.25, -0.2) is 0 Å². The van der Waals surface area contributed by atoms with Crippen molar-refractivity contribution in [2.45, 2.75) is 46.6 Å². The normalized spacial score (nSPS) is 10.7. The maximum Gasteiger partial charge on any atom is 0.261 e. The number of nitrogens with one attached hydrogen (secondary N) is 1. The predicted molar refractivity (Wildman–Crippen MR) is 99.1 cm³/mol. The van der Waals surface area contributed by atoms with Gasteiger partial charge in [-0.3, -0.25) is 9.59 Å². The molecule has 0 aliphatic rings. The Morgan fingerprint density at radius 3 is 2.58 bits per heavy atom. The molecule has 128 valence electrons. The third-order valence-corrected chi connectivity index (χ3v) is 4.38. The Labute approximate surface area is 147 Å². The predicted octanol–water partition coefficient (Wildman–Crippen LogP) is 4.42. The molecule has 1 aromatic heterocycles. The van der Waals surface area contributed by atoms with Crippen molar-refractivity contribution in [1.82, 2.24) is 4.57 Å². The summed E-state index contributed by atoms with van der Waals surface area (Å²) < 4.78 is 2.08. The number of unbranched alkanes of at least 4 members (excludes halogenated alkanes) is 1. The van der Waals surface area contributed by atoms with E-state index in [1.54, 1.807) is 24.3 Å². The van der Waals surface area contributed by atoms with E-state index >= 15 is 0 Å². The number of amides is 1. The number of aromatic nitrogens is 1. The Balaban J connectivity index is 2.46. The van der Waals surface area contributed by atoms with Crippen LogP contribution in [-0.4, -0.2) is 10.5 Å². The first kappa shape index (κ1) is 18.3. The van der Waals surface area contributed by atoms with Gasteiger partial charge in [0, 0.05) is 24.0 Å². The van der Waals surface area contributed by atoms with E-state index in [0.29, 0.717) is 17.1 Å². The van der Waals surface area contributed by atoms with Crippen LogP contribution in [0.1, 0.15) is 48.4 Å². The van der Waals surface area contributed by atoms with Crippen molar-refractivity contribution >= 4 is 23.2 Å². The number of aryl methyl sites for hydroxylation is 1. The topological polar surface area (TPSA) is 51.1 Å². The van der Waals surface area contributed by atoms with Gasteiger partial charge in [-0.1, -0.05) is 44.0 Å². The Hall–Kier alpha value is -2.07. The zero-order valence-corrected chi connectivity index (χ0v) is 15.1. The van der Waals surface area contributed by atoms with Gasteiger partial charge in [0.2, 0.25) is 0 Å². The van der Waals surface area contributed by atoms with Crippen LogP contribution in [-0.2, 0) is 13.0 Å². The van der Waals surface area contributed by atoms with Gasteiger partial charge in [0.15, 0.2) is 5.43 Å². The molecule has 0 unspecified atom stereocenters. The number of halogens is 1. The number of anilines is 1. The minimum absolute atomic E-state index is 0.208. The summed E-state index contributed by atoms with van der Waals surface area (Å²) in [7, 11) is 0. The molecule has 2 aromatic rings. The van der Waals surface area contributed by atoms with Gasteiger partial charge < -0.3 is 9.88 Å². The zero-order valence-electron chi connectivity index (χ0n) is 14.4. The highest BCUT2D eigenvalue weighted by molar-refractivity contribution is 6.33. The highest BCUT2D eigenvalue weighted by Crippen LogP contribution is 2.21. The lowest BCUT2D eigenvalue weighted by Gasteiger charge is -2.19. The lowest BCUT2D eigenvalue weighted by atomic mass is 10.1. The van der Waals surface area contributed by atoms with Crippen molar-refractivity contribution in [2.24, 2.45) is 0 Å². The van der Waals surface area contributed by atoms with Gasteiger partial charge in [-0.15, -0.1) is 0 Å². The summed E-state index contributed by atoms with van der Waals surface area (Å²) in [5, 5.41) is 3.21. The standard InChI is InChI=1S/C19H23ClN2O2/c1-4-6-11-22-13(3)12-17(23)18(16(22)5-2)19(24)21-15-10-8-7-9-14(15)20/h7-10,12H,4-6,11H2,1-3H3,(H,21,24). The highest BCUT2D eigenvalue weighted by atomic mass is 35.5. The fourth-order valence-electron chi connectivity index (χ4n) is 2.82. The lowest BCUT2D eigenvalue weighted by Crippen LogP contribution is -2.28. The van der Waals surface area contributed by atoms with E-state index < -0.39 is 5.91 Å². The van der Waals surface area contributed by atoms with Crippen LogP contribution in [0.3, 0.4) is 0 Å². The van der Waals surface area contributed by atoms with Gasteiger partial charge in [0.05, 0.1) is 10.7 Å². The molecule has 0 fully saturated rings. The molecule has 5 heteroatoms. The number of rotatable bonds is 6. The molecule has 4 nitrogen and oxygen atoms in total. The third kappa shape index (κ3) is 3.88. The Bertz CT molecular complexity index is 796. The number of nitrogens with zero attached hydrogens (tertiary/aromatic N) is 1. The average Bonchev–Trinajstić information content (AvgIpc) is 2.55. The number of carbonyl (C=O) groups excluding carboxylic acids is 1. The van der Waals surface area contributed by atoms with Gasteiger partial charge in [0.1, 0.15) is 5.56 Å². The van der Waals surface area contributed by atoms with Crippen molar-refractivity contribution in [1.29, 1.82) is 0 Å². The second kappa shape index (κ2) is 8.15. The molecule has 2 rings (SSSR count). The van der Waals surface area contributed by atoms with Gasteiger partial charge in [-0.05, 0) is 31.9 Å². The Morgan fingerprint density at radius 1 is 1.25 bits per heavy atom. The van der Waals surface area contributed by atoms with Crippen LogP contribution in [0.2, 0.25) is 5.02 Å². The molecule has 1 N–H and O–H groups in total. The van der Waals surface area contributed by atoms with E-state index in [2.05, 4.69) is 16.8 Å². The molecule has 0 aliphatic carbocycles. The molecular weight excluding hydrogens is 324 g/mol. The van der Waals surface area contributed by atoms with E-state index in [1.165, 1.54) is 6.07 Å². The van der Waals surface area contributed by atoms with Crippen LogP contribution >= 0.6 is 11.6 Å². The van der Waals surface area contributed by atoms with Crippen LogP contribution in [0.4, 0.5) is 5.69 Å². The minimum atomic E-state index is -0.407. The molecule has 1 amide bonds. The van der Waals surface area contributed by atoms with Gasteiger partial charge in [0.25, 0.3) is 5.91 Å². The molecule has 24 heavy (non-hydrogen) atoms. The fraction of sp³-hybridized carbons (Fsp3) is 0.368. The quantitative estimate of drug-likeness (QED) is 0.841. The third-order valence-electron chi connectivity index (χ3n) is 4.05. The molecule has 0 saturated heterocycles. The largest absolute Gasteiger partial charge is 0.348 e. The molecule has 0 bridgehead atoms. The number of pyridine rings is 1. The SMILES string of the molecule is CCCCn1c(C)cc(=O)c(C(=O)Nc2ccccc2Cl)c1CC. The number of benzene rings is 1.